The summed E-state index contributed by atoms with van der Waals surface area (Å²) in [7, 11) is 0. The van der Waals surface area contributed by atoms with Crippen LogP contribution in [0.1, 0.15) is 6.92 Å². The van der Waals surface area contributed by atoms with Crippen molar-refractivity contribution in [2.24, 2.45) is 0 Å². The first-order valence-electron chi connectivity index (χ1n) is 5.95. The van der Waals surface area contributed by atoms with Crippen molar-refractivity contribution in [2.45, 2.75) is 6.92 Å². The summed E-state index contributed by atoms with van der Waals surface area (Å²) in [6.07, 6.45) is 8.18. The van der Waals surface area contributed by atoms with Crippen LogP contribution in [0.2, 0.25) is 5.02 Å². The molecule has 0 radical (unpaired) electrons. The molecule has 9 heteroatoms. The molecule has 0 saturated carbocycles. The second kappa shape index (κ2) is 5.25. The van der Waals surface area contributed by atoms with E-state index in [9.17, 15) is 0 Å². The lowest BCUT2D eigenvalue weighted by molar-refractivity contribution is 0.774. The van der Waals surface area contributed by atoms with E-state index >= 15 is 0 Å². The van der Waals surface area contributed by atoms with Crippen LogP contribution in [0.15, 0.2) is 31.1 Å². The lowest BCUT2D eigenvalue weighted by Crippen LogP contribution is -2.12. The molecule has 3 rings (SSSR count). The highest BCUT2D eigenvalue weighted by atomic mass is 35.5. The van der Waals surface area contributed by atoms with Gasteiger partial charge in [-0.3, -0.25) is 4.57 Å². The fraction of sp³-hybridized carbons (Fsp3) is 0.182. The lowest BCUT2D eigenvalue weighted by Gasteiger charge is -2.07. The lowest BCUT2D eigenvalue weighted by atomic mass is 10.7. The topological polar surface area (TPSA) is 86.3 Å². The van der Waals surface area contributed by atoms with Gasteiger partial charge in [-0.15, -0.1) is 0 Å². The van der Waals surface area contributed by atoms with Gasteiger partial charge < -0.3 is 5.32 Å². The van der Waals surface area contributed by atoms with E-state index in [1.165, 1.54) is 10.9 Å². The second-order valence-electron chi connectivity index (χ2n) is 3.86. The summed E-state index contributed by atoms with van der Waals surface area (Å²) in [5, 5.41) is 7.66. The van der Waals surface area contributed by atoms with Crippen LogP contribution < -0.4 is 5.32 Å². The van der Waals surface area contributed by atoms with Gasteiger partial charge in [0.05, 0.1) is 17.4 Å². The van der Waals surface area contributed by atoms with Crippen LogP contribution in [0.5, 0.6) is 0 Å². The molecule has 3 aromatic heterocycles. The normalized spacial score (nSPS) is 10.7. The van der Waals surface area contributed by atoms with Crippen molar-refractivity contribution in [1.82, 2.24) is 34.3 Å². The highest BCUT2D eigenvalue weighted by molar-refractivity contribution is 6.30. The Labute approximate surface area is 119 Å². The first kappa shape index (κ1) is 12.5. The van der Waals surface area contributed by atoms with Gasteiger partial charge in [0.1, 0.15) is 6.33 Å². The van der Waals surface area contributed by atoms with E-state index in [1.807, 2.05) is 6.92 Å². The maximum absolute atomic E-state index is 5.87. The van der Waals surface area contributed by atoms with Crippen LogP contribution in [0, 0.1) is 0 Å². The largest absolute Gasteiger partial charge is 0.354 e. The number of halogens is 1. The number of hydrogen-bond donors (Lipinski definition) is 1. The number of nitrogens with one attached hydrogen (secondary N) is 1. The van der Waals surface area contributed by atoms with E-state index < -0.39 is 0 Å². The zero-order chi connectivity index (χ0) is 13.9. The molecule has 3 aromatic rings. The fourth-order valence-corrected chi connectivity index (χ4v) is 1.73. The van der Waals surface area contributed by atoms with Crippen LogP contribution in [0.3, 0.4) is 0 Å². The van der Waals surface area contributed by atoms with Crippen LogP contribution in [0.25, 0.3) is 11.9 Å². The molecule has 0 amide bonds. The SMILES string of the molecule is CCNc1nc(-n2ccnc2)nc(-n2cc(Cl)cn2)n1. The Hall–Kier alpha value is -2.48. The molecule has 0 aliphatic heterocycles. The zero-order valence-corrected chi connectivity index (χ0v) is 11.4. The summed E-state index contributed by atoms with van der Waals surface area (Å²) in [5.41, 5.74) is 0. The van der Waals surface area contributed by atoms with Crippen molar-refractivity contribution >= 4 is 17.5 Å². The average Bonchev–Trinajstić information content (AvgIpc) is 3.09. The van der Waals surface area contributed by atoms with Crippen molar-refractivity contribution in [1.29, 1.82) is 0 Å². The number of aromatic nitrogens is 7. The van der Waals surface area contributed by atoms with Gasteiger partial charge >= 0.3 is 0 Å². The second-order valence-corrected chi connectivity index (χ2v) is 4.30. The summed E-state index contributed by atoms with van der Waals surface area (Å²) in [5.74, 6) is 1.30. The zero-order valence-electron chi connectivity index (χ0n) is 10.6. The van der Waals surface area contributed by atoms with E-state index in [0.717, 1.165) is 0 Å². The number of imidazole rings is 1. The Kier molecular flexibility index (Phi) is 3.30. The molecule has 0 aliphatic carbocycles. The fourth-order valence-electron chi connectivity index (χ4n) is 1.60. The van der Waals surface area contributed by atoms with Crippen LogP contribution in [-0.4, -0.2) is 40.8 Å². The molecule has 0 aliphatic rings. The maximum atomic E-state index is 5.87. The smallest absolute Gasteiger partial charge is 0.257 e. The highest BCUT2D eigenvalue weighted by Gasteiger charge is 2.10. The molecule has 0 unspecified atom stereocenters. The number of hydrogen-bond acceptors (Lipinski definition) is 6. The van der Waals surface area contributed by atoms with Crippen molar-refractivity contribution in [3.8, 4) is 11.9 Å². The Bertz CT molecular complexity index is 705. The third-order valence-corrected chi connectivity index (χ3v) is 2.63. The van der Waals surface area contributed by atoms with E-state index in [0.29, 0.717) is 29.4 Å². The molecule has 0 atom stereocenters. The number of nitrogens with zero attached hydrogens (tertiary/aromatic N) is 7. The van der Waals surface area contributed by atoms with E-state index in [1.54, 1.807) is 29.5 Å². The minimum Gasteiger partial charge on any atom is -0.354 e. The molecule has 1 N–H and O–H groups in total. The molecule has 102 valence electrons. The quantitative estimate of drug-likeness (QED) is 0.780. The predicted molar refractivity (Wildman–Crippen MR) is 73.2 cm³/mol. The van der Waals surface area contributed by atoms with Crippen LogP contribution >= 0.6 is 11.6 Å². The molecular weight excluding hydrogens is 280 g/mol. The Morgan fingerprint density at radius 3 is 2.75 bits per heavy atom. The van der Waals surface area contributed by atoms with Gasteiger partial charge in [0.15, 0.2) is 0 Å². The first-order valence-corrected chi connectivity index (χ1v) is 6.33. The molecule has 0 bridgehead atoms. The van der Waals surface area contributed by atoms with Crippen molar-refractivity contribution < 1.29 is 0 Å². The summed E-state index contributed by atoms with van der Waals surface area (Å²) < 4.78 is 3.18. The molecule has 20 heavy (non-hydrogen) atoms. The van der Waals surface area contributed by atoms with Gasteiger partial charge in [0, 0.05) is 18.9 Å². The van der Waals surface area contributed by atoms with Crippen LogP contribution in [-0.2, 0) is 0 Å². The maximum Gasteiger partial charge on any atom is 0.257 e. The third kappa shape index (κ3) is 2.45. The molecule has 0 aromatic carbocycles. The number of anilines is 1. The van der Waals surface area contributed by atoms with Crippen molar-refractivity contribution in [3.63, 3.8) is 0 Å². The third-order valence-electron chi connectivity index (χ3n) is 2.44. The average molecular weight is 291 g/mol. The Morgan fingerprint density at radius 1 is 1.25 bits per heavy atom. The summed E-state index contributed by atoms with van der Waals surface area (Å²) in [6, 6.07) is 0. The summed E-state index contributed by atoms with van der Waals surface area (Å²) >= 11 is 5.87. The molecule has 8 nitrogen and oxygen atoms in total. The van der Waals surface area contributed by atoms with Gasteiger partial charge in [0.2, 0.25) is 11.9 Å². The summed E-state index contributed by atoms with van der Waals surface area (Å²) in [4.78, 5) is 16.9. The summed E-state index contributed by atoms with van der Waals surface area (Å²) in [6.45, 7) is 2.66. The minimum atomic E-state index is 0.381. The van der Waals surface area contributed by atoms with Gasteiger partial charge in [-0.05, 0) is 6.92 Å². The van der Waals surface area contributed by atoms with Gasteiger partial charge in [-0.25, -0.2) is 9.67 Å². The molecule has 0 saturated heterocycles. The predicted octanol–water partition coefficient (Wildman–Crippen LogP) is 1.33. The van der Waals surface area contributed by atoms with E-state index in [-0.39, 0.29) is 0 Å². The molecule has 3 heterocycles. The number of rotatable bonds is 4. The minimum absolute atomic E-state index is 0.381. The van der Waals surface area contributed by atoms with E-state index in [2.05, 4.69) is 30.4 Å². The van der Waals surface area contributed by atoms with Crippen LogP contribution in [0.4, 0.5) is 5.95 Å². The molecule has 0 spiro atoms. The Balaban J connectivity index is 2.09. The van der Waals surface area contributed by atoms with Gasteiger partial charge in [-0.2, -0.15) is 20.1 Å². The highest BCUT2D eigenvalue weighted by Crippen LogP contribution is 2.11. The Morgan fingerprint density at radius 2 is 2.10 bits per heavy atom. The molecular formula is C11H11ClN8. The van der Waals surface area contributed by atoms with Crippen molar-refractivity contribution in [3.05, 3.63) is 36.1 Å². The molecule has 0 fully saturated rings. The standard InChI is InChI=1S/C11H11ClN8/c1-2-14-9-16-10(19-4-3-13-7-19)18-11(17-9)20-6-8(12)5-15-20/h3-7H,2H2,1H3,(H,14,16,17,18). The van der Waals surface area contributed by atoms with E-state index in [4.69, 9.17) is 11.6 Å². The van der Waals surface area contributed by atoms with Gasteiger partial charge in [0.25, 0.3) is 5.95 Å². The first-order chi connectivity index (χ1) is 9.76. The van der Waals surface area contributed by atoms with Gasteiger partial charge in [-0.1, -0.05) is 11.6 Å². The van der Waals surface area contributed by atoms with Crippen molar-refractivity contribution in [2.75, 3.05) is 11.9 Å². The monoisotopic (exact) mass is 290 g/mol.